The van der Waals surface area contributed by atoms with E-state index in [9.17, 15) is 28.1 Å². The number of hydrogen-bond donors (Lipinski definition) is 1. The number of nitro groups is 1. The van der Waals surface area contributed by atoms with Gasteiger partial charge < -0.3 is 10.1 Å². The Hall–Kier alpha value is -3.10. The van der Waals surface area contributed by atoms with Crippen molar-refractivity contribution in [3.63, 3.8) is 0 Å². The van der Waals surface area contributed by atoms with E-state index in [1.54, 1.807) is 6.92 Å². The topological polar surface area (TPSA) is 81.5 Å². The predicted octanol–water partition coefficient (Wildman–Crippen LogP) is 3.94. The zero-order valence-electron chi connectivity index (χ0n) is 13.0. The molecule has 0 bridgehead atoms. The molecule has 0 atom stereocenters. The number of nitrogens with zero attached hydrogens (tertiary/aromatic N) is 1. The van der Waals surface area contributed by atoms with Crippen molar-refractivity contribution in [2.24, 2.45) is 0 Å². The Morgan fingerprint density at radius 3 is 2.40 bits per heavy atom. The number of hydrogen-bond acceptors (Lipinski definition) is 4. The minimum atomic E-state index is -4.45. The van der Waals surface area contributed by atoms with Gasteiger partial charge in [0.2, 0.25) is 0 Å². The Morgan fingerprint density at radius 2 is 1.84 bits per heavy atom. The Labute approximate surface area is 140 Å². The molecule has 2 rings (SSSR count). The van der Waals surface area contributed by atoms with E-state index in [1.807, 2.05) is 0 Å². The molecule has 9 heteroatoms. The lowest BCUT2D eigenvalue weighted by molar-refractivity contribution is -0.384. The number of rotatable bonds is 5. The summed E-state index contributed by atoms with van der Waals surface area (Å²) in [6.45, 7) is 1.21. The maximum atomic E-state index is 12.5. The molecule has 1 N–H and O–H groups in total. The first-order valence-electron chi connectivity index (χ1n) is 7.02. The minimum Gasteiger partial charge on any atom is -0.484 e. The maximum absolute atomic E-state index is 12.5. The highest BCUT2D eigenvalue weighted by Gasteiger charge is 2.30. The number of carbonyl (C=O) groups is 1. The third-order valence-corrected chi connectivity index (χ3v) is 3.26. The fourth-order valence-corrected chi connectivity index (χ4v) is 1.93. The van der Waals surface area contributed by atoms with Gasteiger partial charge in [-0.25, -0.2) is 0 Å². The monoisotopic (exact) mass is 354 g/mol. The first-order valence-corrected chi connectivity index (χ1v) is 7.02. The van der Waals surface area contributed by atoms with Crippen LogP contribution in [0.3, 0.4) is 0 Å². The number of anilines is 1. The number of amides is 1. The molecule has 6 nitrogen and oxygen atoms in total. The van der Waals surface area contributed by atoms with Crippen LogP contribution in [-0.2, 0) is 11.0 Å². The van der Waals surface area contributed by atoms with E-state index in [0.717, 1.165) is 24.3 Å². The normalized spacial score (nSPS) is 11.0. The molecule has 0 aliphatic heterocycles. The van der Waals surface area contributed by atoms with Crippen molar-refractivity contribution in [3.8, 4) is 5.75 Å². The second-order valence-corrected chi connectivity index (χ2v) is 5.12. The van der Waals surface area contributed by atoms with Crippen LogP contribution in [0.25, 0.3) is 0 Å². The number of aryl methyl sites for hydroxylation is 1. The van der Waals surface area contributed by atoms with Gasteiger partial charge in [-0.2, -0.15) is 13.2 Å². The Bertz CT molecular complexity index is 789. The second kappa shape index (κ2) is 7.20. The van der Waals surface area contributed by atoms with E-state index in [2.05, 4.69) is 5.32 Å². The molecule has 2 aromatic carbocycles. The summed E-state index contributed by atoms with van der Waals surface area (Å²) < 4.78 is 42.5. The van der Waals surface area contributed by atoms with Crippen molar-refractivity contribution < 1.29 is 27.6 Å². The molecule has 0 unspecified atom stereocenters. The van der Waals surface area contributed by atoms with Crippen LogP contribution in [0.15, 0.2) is 42.5 Å². The van der Waals surface area contributed by atoms with Crippen molar-refractivity contribution in [1.82, 2.24) is 0 Å². The Kier molecular flexibility index (Phi) is 5.26. The molecule has 0 aliphatic carbocycles. The van der Waals surface area contributed by atoms with Crippen LogP contribution >= 0.6 is 0 Å². The summed E-state index contributed by atoms with van der Waals surface area (Å²) in [6.07, 6.45) is -4.45. The SMILES string of the molecule is Cc1ccc([N+](=O)[O-])cc1NC(=O)COc1ccc(C(F)(F)F)cc1. The molecule has 2 aromatic rings. The van der Waals surface area contributed by atoms with Crippen LogP contribution in [-0.4, -0.2) is 17.4 Å². The zero-order valence-corrected chi connectivity index (χ0v) is 13.0. The van der Waals surface area contributed by atoms with Crippen molar-refractivity contribution in [2.45, 2.75) is 13.1 Å². The number of ether oxygens (including phenoxy) is 1. The minimum absolute atomic E-state index is 0.0962. The summed E-state index contributed by atoms with van der Waals surface area (Å²) in [5.74, 6) is -0.498. The third kappa shape index (κ3) is 4.93. The Balaban J connectivity index is 1.97. The maximum Gasteiger partial charge on any atom is 0.416 e. The van der Waals surface area contributed by atoms with Crippen molar-refractivity contribution >= 4 is 17.3 Å². The van der Waals surface area contributed by atoms with Crippen LogP contribution in [0.2, 0.25) is 0 Å². The number of carbonyl (C=O) groups excluding carboxylic acids is 1. The summed E-state index contributed by atoms with van der Waals surface area (Å²) in [7, 11) is 0. The number of alkyl halides is 3. The summed E-state index contributed by atoms with van der Waals surface area (Å²) in [5, 5.41) is 13.2. The van der Waals surface area contributed by atoms with Crippen LogP contribution < -0.4 is 10.1 Å². The highest BCUT2D eigenvalue weighted by atomic mass is 19.4. The molecule has 0 radical (unpaired) electrons. The van der Waals surface area contributed by atoms with Gasteiger partial charge in [-0.1, -0.05) is 6.07 Å². The van der Waals surface area contributed by atoms with E-state index in [1.165, 1.54) is 18.2 Å². The summed E-state index contributed by atoms with van der Waals surface area (Å²) in [6, 6.07) is 7.92. The van der Waals surface area contributed by atoms with Crippen LogP contribution in [0.4, 0.5) is 24.5 Å². The fraction of sp³-hybridized carbons (Fsp3) is 0.188. The zero-order chi connectivity index (χ0) is 18.6. The average Bonchev–Trinajstić information content (AvgIpc) is 2.54. The van der Waals surface area contributed by atoms with Gasteiger partial charge in [-0.15, -0.1) is 0 Å². The summed E-state index contributed by atoms with van der Waals surface area (Å²) in [4.78, 5) is 22.0. The summed E-state index contributed by atoms with van der Waals surface area (Å²) >= 11 is 0. The molecule has 0 heterocycles. The summed E-state index contributed by atoms with van der Waals surface area (Å²) in [5.41, 5.74) is -0.121. The quantitative estimate of drug-likeness (QED) is 0.651. The van der Waals surface area contributed by atoms with E-state index in [4.69, 9.17) is 4.74 Å². The lowest BCUT2D eigenvalue weighted by atomic mass is 10.2. The average molecular weight is 354 g/mol. The number of non-ortho nitro benzene ring substituents is 1. The van der Waals surface area contributed by atoms with Gasteiger partial charge in [0.05, 0.1) is 16.2 Å². The number of nitrogens with one attached hydrogen (secondary N) is 1. The Morgan fingerprint density at radius 1 is 1.20 bits per heavy atom. The van der Waals surface area contributed by atoms with Crippen molar-refractivity contribution in [2.75, 3.05) is 11.9 Å². The molecule has 132 valence electrons. The smallest absolute Gasteiger partial charge is 0.416 e. The highest BCUT2D eigenvalue weighted by molar-refractivity contribution is 5.93. The van der Waals surface area contributed by atoms with Crippen LogP contribution in [0.5, 0.6) is 5.75 Å². The van der Waals surface area contributed by atoms with Gasteiger partial charge in [0.1, 0.15) is 5.75 Å². The van der Waals surface area contributed by atoms with Crippen molar-refractivity contribution in [3.05, 3.63) is 63.7 Å². The first-order chi connectivity index (χ1) is 11.7. The number of benzene rings is 2. The molecule has 25 heavy (non-hydrogen) atoms. The molecule has 0 aromatic heterocycles. The lowest BCUT2D eigenvalue weighted by Crippen LogP contribution is -2.20. The fourth-order valence-electron chi connectivity index (χ4n) is 1.93. The molecule has 1 amide bonds. The van der Waals surface area contributed by atoms with E-state index in [-0.39, 0.29) is 17.1 Å². The van der Waals surface area contributed by atoms with Gasteiger partial charge in [-0.05, 0) is 36.8 Å². The van der Waals surface area contributed by atoms with Crippen LogP contribution in [0, 0.1) is 17.0 Å². The van der Waals surface area contributed by atoms with Gasteiger partial charge in [-0.3, -0.25) is 14.9 Å². The van der Waals surface area contributed by atoms with E-state index < -0.39 is 29.2 Å². The standard InChI is InChI=1S/C16H13F3N2O4/c1-10-2-5-12(21(23)24)8-14(10)20-15(22)9-25-13-6-3-11(4-7-13)16(17,18)19/h2-8H,9H2,1H3,(H,20,22). The van der Waals surface area contributed by atoms with Gasteiger partial charge in [0.15, 0.2) is 6.61 Å². The molecule has 0 saturated heterocycles. The van der Waals surface area contributed by atoms with E-state index in [0.29, 0.717) is 5.56 Å². The third-order valence-electron chi connectivity index (χ3n) is 3.26. The molecular weight excluding hydrogens is 341 g/mol. The predicted molar refractivity (Wildman–Crippen MR) is 83.4 cm³/mol. The van der Waals surface area contributed by atoms with Crippen molar-refractivity contribution in [1.29, 1.82) is 0 Å². The molecule has 0 fully saturated rings. The second-order valence-electron chi connectivity index (χ2n) is 5.12. The largest absolute Gasteiger partial charge is 0.484 e. The van der Waals surface area contributed by atoms with Crippen LogP contribution in [0.1, 0.15) is 11.1 Å². The lowest BCUT2D eigenvalue weighted by Gasteiger charge is -2.10. The molecular formula is C16H13F3N2O4. The number of halogens is 3. The molecule has 0 spiro atoms. The first kappa shape index (κ1) is 18.2. The van der Waals surface area contributed by atoms with E-state index >= 15 is 0 Å². The van der Waals surface area contributed by atoms with Gasteiger partial charge in [0.25, 0.3) is 11.6 Å². The molecule has 0 aliphatic rings. The van der Waals surface area contributed by atoms with Gasteiger partial charge in [0, 0.05) is 12.1 Å². The highest BCUT2D eigenvalue weighted by Crippen LogP contribution is 2.30. The number of nitro benzene ring substituents is 1. The van der Waals surface area contributed by atoms with Gasteiger partial charge >= 0.3 is 6.18 Å². The molecule has 0 saturated carbocycles.